The van der Waals surface area contributed by atoms with Gasteiger partial charge in [-0.2, -0.15) is 0 Å². The number of methoxy groups -OCH3 is 1. The van der Waals surface area contributed by atoms with Crippen molar-refractivity contribution in [2.75, 3.05) is 7.11 Å². The summed E-state index contributed by atoms with van der Waals surface area (Å²) in [6, 6.07) is 12.9. The van der Waals surface area contributed by atoms with Crippen molar-refractivity contribution >= 4 is 5.91 Å². The summed E-state index contributed by atoms with van der Waals surface area (Å²) in [6.07, 6.45) is 0. The van der Waals surface area contributed by atoms with Gasteiger partial charge in [-0.3, -0.25) is 4.79 Å². The van der Waals surface area contributed by atoms with E-state index >= 15 is 0 Å². The van der Waals surface area contributed by atoms with Gasteiger partial charge in [0.2, 0.25) is 0 Å². The van der Waals surface area contributed by atoms with Crippen LogP contribution in [0.15, 0.2) is 42.5 Å². The van der Waals surface area contributed by atoms with Crippen molar-refractivity contribution in [3.8, 4) is 16.9 Å². The third-order valence-electron chi connectivity index (χ3n) is 3.43. The van der Waals surface area contributed by atoms with E-state index < -0.39 is 0 Å². The number of hydrogen-bond donors (Lipinski definition) is 2. The highest BCUT2D eigenvalue weighted by atomic mass is 16.5. The van der Waals surface area contributed by atoms with Crippen molar-refractivity contribution < 1.29 is 14.6 Å². The maximum atomic E-state index is 12.4. The van der Waals surface area contributed by atoms with Crippen molar-refractivity contribution in [3.05, 3.63) is 53.6 Å². The highest BCUT2D eigenvalue weighted by Gasteiger charge is 2.17. The molecule has 23 heavy (non-hydrogen) atoms. The first-order valence-electron chi connectivity index (χ1n) is 7.55. The normalized spacial score (nSPS) is 11.2. The van der Waals surface area contributed by atoms with Crippen LogP contribution in [0.5, 0.6) is 5.75 Å². The van der Waals surface area contributed by atoms with Crippen LogP contribution in [0, 0.1) is 0 Å². The second kappa shape index (κ2) is 6.84. The summed E-state index contributed by atoms with van der Waals surface area (Å²) in [7, 11) is 1.60. The fourth-order valence-electron chi connectivity index (χ4n) is 2.39. The molecule has 0 fully saturated rings. The minimum absolute atomic E-state index is 0.103. The van der Waals surface area contributed by atoms with Crippen LogP contribution in [0.1, 0.15) is 36.7 Å². The summed E-state index contributed by atoms with van der Waals surface area (Å²) in [5, 5.41) is 12.6. The van der Waals surface area contributed by atoms with Crippen LogP contribution in [-0.4, -0.2) is 23.7 Å². The summed E-state index contributed by atoms with van der Waals surface area (Å²) in [5.74, 6) is 0.564. The Morgan fingerprint density at radius 2 is 1.83 bits per heavy atom. The lowest BCUT2D eigenvalue weighted by Crippen LogP contribution is -2.40. The van der Waals surface area contributed by atoms with E-state index in [9.17, 15) is 9.90 Å². The molecule has 0 heterocycles. The number of aliphatic hydroxyl groups is 1. The van der Waals surface area contributed by atoms with Crippen LogP contribution < -0.4 is 10.1 Å². The Morgan fingerprint density at radius 1 is 1.13 bits per heavy atom. The Kier molecular flexibility index (Phi) is 5.06. The topological polar surface area (TPSA) is 58.6 Å². The predicted molar refractivity (Wildman–Crippen MR) is 91.6 cm³/mol. The number of ether oxygens (including phenoxy) is 1. The monoisotopic (exact) mass is 313 g/mol. The van der Waals surface area contributed by atoms with Gasteiger partial charge in [-0.25, -0.2) is 0 Å². The number of rotatable bonds is 4. The maximum absolute atomic E-state index is 12.4. The molecule has 0 radical (unpaired) electrons. The molecule has 4 nitrogen and oxygen atoms in total. The van der Waals surface area contributed by atoms with E-state index in [2.05, 4.69) is 5.32 Å². The zero-order valence-electron chi connectivity index (χ0n) is 14.0. The Hall–Kier alpha value is -2.33. The number of nitrogens with one attached hydrogen (secondary N) is 1. The van der Waals surface area contributed by atoms with Gasteiger partial charge in [-0.05, 0) is 50.1 Å². The first-order chi connectivity index (χ1) is 10.9. The average Bonchev–Trinajstić information content (AvgIpc) is 2.52. The van der Waals surface area contributed by atoms with E-state index in [-0.39, 0.29) is 18.1 Å². The molecule has 0 saturated carbocycles. The molecule has 0 aliphatic rings. The maximum Gasteiger partial charge on any atom is 0.251 e. The number of hydrogen-bond acceptors (Lipinski definition) is 3. The lowest BCUT2D eigenvalue weighted by molar-refractivity contribution is 0.0919. The van der Waals surface area contributed by atoms with Crippen molar-refractivity contribution in [2.24, 2.45) is 0 Å². The number of aliphatic hydroxyl groups excluding tert-OH is 1. The molecule has 0 aromatic heterocycles. The Bertz CT molecular complexity index is 702. The number of amides is 1. The lowest BCUT2D eigenvalue weighted by atomic mass is 9.96. The second-order valence-electron chi connectivity index (χ2n) is 6.43. The molecule has 4 heteroatoms. The molecular weight excluding hydrogens is 290 g/mol. The predicted octanol–water partition coefficient (Wildman–Crippen LogP) is 3.38. The molecular formula is C19H23NO3. The van der Waals surface area contributed by atoms with Crippen molar-refractivity contribution in [3.63, 3.8) is 0 Å². The first kappa shape index (κ1) is 17.0. The van der Waals surface area contributed by atoms with Crippen molar-refractivity contribution in [2.45, 2.75) is 32.9 Å². The molecule has 0 spiro atoms. The van der Waals surface area contributed by atoms with Gasteiger partial charge in [-0.15, -0.1) is 0 Å². The summed E-state index contributed by atoms with van der Waals surface area (Å²) in [5.41, 5.74) is 2.65. The molecule has 122 valence electrons. The quantitative estimate of drug-likeness (QED) is 0.909. The van der Waals surface area contributed by atoms with Gasteiger partial charge in [0.1, 0.15) is 5.75 Å². The molecule has 0 aliphatic heterocycles. The highest BCUT2D eigenvalue weighted by molar-refractivity contribution is 5.96. The van der Waals surface area contributed by atoms with Gasteiger partial charge in [-0.1, -0.05) is 24.3 Å². The van der Waals surface area contributed by atoms with E-state index in [1.54, 1.807) is 25.3 Å². The van der Waals surface area contributed by atoms with Crippen LogP contribution >= 0.6 is 0 Å². The van der Waals surface area contributed by atoms with Gasteiger partial charge in [0.25, 0.3) is 5.91 Å². The average molecular weight is 313 g/mol. The van der Waals surface area contributed by atoms with Crippen molar-refractivity contribution in [1.82, 2.24) is 5.32 Å². The Morgan fingerprint density at radius 3 is 2.43 bits per heavy atom. The van der Waals surface area contributed by atoms with Crippen LogP contribution in [0.3, 0.4) is 0 Å². The fraction of sp³-hybridized carbons (Fsp3) is 0.316. The lowest BCUT2D eigenvalue weighted by Gasteiger charge is -2.21. The van der Waals surface area contributed by atoms with Crippen LogP contribution in [-0.2, 0) is 6.61 Å². The molecule has 2 rings (SSSR count). The molecule has 2 aromatic rings. The number of carbonyl (C=O) groups excluding carboxylic acids is 1. The third kappa shape index (κ3) is 4.11. The van der Waals surface area contributed by atoms with E-state index in [4.69, 9.17) is 4.74 Å². The largest absolute Gasteiger partial charge is 0.496 e. The second-order valence-corrected chi connectivity index (χ2v) is 6.43. The van der Waals surface area contributed by atoms with Gasteiger partial charge in [0, 0.05) is 16.7 Å². The molecule has 0 unspecified atom stereocenters. The summed E-state index contributed by atoms with van der Waals surface area (Å²) in [4.78, 5) is 12.4. The minimum Gasteiger partial charge on any atom is -0.496 e. The van der Waals surface area contributed by atoms with Gasteiger partial charge in [0.05, 0.1) is 13.7 Å². The molecule has 0 saturated heterocycles. The molecule has 1 amide bonds. The van der Waals surface area contributed by atoms with Gasteiger partial charge < -0.3 is 15.2 Å². The molecule has 2 N–H and O–H groups in total. The summed E-state index contributed by atoms with van der Waals surface area (Å²) >= 11 is 0. The standard InChI is InChI=1S/C19H23NO3/c1-19(2,3)20-18(22)13-9-10-14(12-21)16(11-13)15-7-5-6-8-17(15)23-4/h5-11,21H,12H2,1-4H3,(H,20,22). The minimum atomic E-state index is -0.308. The fourth-order valence-corrected chi connectivity index (χ4v) is 2.39. The SMILES string of the molecule is COc1ccccc1-c1cc(C(=O)NC(C)(C)C)ccc1CO. The van der Waals surface area contributed by atoms with Crippen LogP contribution in [0.2, 0.25) is 0 Å². The van der Waals surface area contributed by atoms with E-state index in [1.165, 1.54) is 0 Å². The number of para-hydroxylation sites is 1. The van der Waals surface area contributed by atoms with Crippen molar-refractivity contribution in [1.29, 1.82) is 0 Å². The first-order valence-corrected chi connectivity index (χ1v) is 7.55. The Balaban J connectivity index is 2.50. The molecule has 0 aliphatic carbocycles. The smallest absolute Gasteiger partial charge is 0.251 e. The number of carbonyl (C=O) groups is 1. The third-order valence-corrected chi connectivity index (χ3v) is 3.43. The molecule has 0 atom stereocenters. The molecule has 2 aromatic carbocycles. The van der Waals surface area contributed by atoms with E-state index in [1.807, 2.05) is 45.0 Å². The Labute approximate surface area is 137 Å². The summed E-state index contributed by atoms with van der Waals surface area (Å²) < 4.78 is 5.40. The number of benzene rings is 2. The van der Waals surface area contributed by atoms with Gasteiger partial charge in [0.15, 0.2) is 0 Å². The van der Waals surface area contributed by atoms with Gasteiger partial charge >= 0.3 is 0 Å². The van der Waals surface area contributed by atoms with Crippen LogP contribution in [0.4, 0.5) is 0 Å². The highest BCUT2D eigenvalue weighted by Crippen LogP contribution is 2.33. The van der Waals surface area contributed by atoms with Crippen LogP contribution in [0.25, 0.3) is 11.1 Å². The zero-order valence-corrected chi connectivity index (χ0v) is 14.0. The van der Waals surface area contributed by atoms with E-state index in [0.717, 1.165) is 16.7 Å². The summed E-state index contributed by atoms with van der Waals surface area (Å²) in [6.45, 7) is 5.71. The molecule has 0 bridgehead atoms. The van der Waals surface area contributed by atoms with E-state index in [0.29, 0.717) is 11.3 Å². The zero-order chi connectivity index (χ0) is 17.0.